The van der Waals surface area contributed by atoms with E-state index in [-0.39, 0.29) is 31.7 Å². The number of methoxy groups -OCH3 is 2. The molecule has 0 saturated carbocycles. The lowest BCUT2D eigenvalue weighted by Gasteiger charge is -2.10. The van der Waals surface area contributed by atoms with Gasteiger partial charge in [0.25, 0.3) is 0 Å². The fourth-order valence-corrected chi connectivity index (χ4v) is 2.06. The fourth-order valence-electron chi connectivity index (χ4n) is 1.05. The molecule has 0 fully saturated rings. The number of nitrogens with one attached hydrogen (secondary N) is 1. The van der Waals surface area contributed by atoms with Gasteiger partial charge in [0.2, 0.25) is 10.0 Å². The SMILES string of the molecule is COCC(O)CCNS(=O)(=O)CCC(=O)OC. The first kappa shape index (κ1) is 16.3. The minimum absolute atomic E-state index is 0.105. The Bertz CT molecular complexity index is 315. The summed E-state index contributed by atoms with van der Waals surface area (Å²) in [5.74, 6) is -0.894. The van der Waals surface area contributed by atoms with Crippen molar-refractivity contribution in [1.29, 1.82) is 0 Å². The van der Waals surface area contributed by atoms with Crippen LogP contribution in [0.4, 0.5) is 0 Å². The molecule has 0 amide bonds. The number of sulfonamides is 1. The Balaban J connectivity index is 3.82. The highest BCUT2D eigenvalue weighted by atomic mass is 32.2. The van der Waals surface area contributed by atoms with Crippen LogP contribution in [0.15, 0.2) is 0 Å². The summed E-state index contributed by atoms with van der Waals surface area (Å²) < 4.78 is 34.0. The summed E-state index contributed by atoms with van der Waals surface area (Å²) in [6.45, 7) is 0.262. The Morgan fingerprint density at radius 3 is 2.59 bits per heavy atom. The number of carbonyl (C=O) groups is 1. The van der Waals surface area contributed by atoms with E-state index < -0.39 is 22.1 Å². The van der Waals surface area contributed by atoms with Crippen molar-refractivity contribution < 1.29 is 27.8 Å². The van der Waals surface area contributed by atoms with Gasteiger partial charge in [-0.05, 0) is 6.42 Å². The lowest BCUT2D eigenvalue weighted by Crippen LogP contribution is -2.31. The summed E-state index contributed by atoms with van der Waals surface area (Å²) in [5, 5.41) is 9.27. The molecule has 0 saturated heterocycles. The van der Waals surface area contributed by atoms with Crippen molar-refractivity contribution in [1.82, 2.24) is 4.72 Å². The van der Waals surface area contributed by atoms with Crippen LogP contribution in [-0.2, 0) is 24.3 Å². The van der Waals surface area contributed by atoms with Crippen molar-refractivity contribution in [3.05, 3.63) is 0 Å². The van der Waals surface area contributed by atoms with Gasteiger partial charge in [0.15, 0.2) is 0 Å². The van der Waals surface area contributed by atoms with Crippen LogP contribution in [-0.4, -0.2) is 58.7 Å². The monoisotopic (exact) mass is 269 g/mol. The van der Waals surface area contributed by atoms with Gasteiger partial charge in [-0.25, -0.2) is 13.1 Å². The van der Waals surface area contributed by atoms with Gasteiger partial charge in [0.1, 0.15) is 0 Å². The second-order valence-electron chi connectivity index (χ2n) is 3.44. The van der Waals surface area contributed by atoms with Gasteiger partial charge in [-0.1, -0.05) is 0 Å². The predicted molar refractivity (Wildman–Crippen MR) is 60.9 cm³/mol. The van der Waals surface area contributed by atoms with Crippen LogP contribution in [0.3, 0.4) is 0 Å². The van der Waals surface area contributed by atoms with E-state index in [4.69, 9.17) is 4.74 Å². The van der Waals surface area contributed by atoms with E-state index in [1.165, 1.54) is 14.2 Å². The number of rotatable bonds is 9. The van der Waals surface area contributed by atoms with E-state index in [1.807, 2.05) is 0 Å². The Morgan fingerprint density at radius 2 is 2.06 bits per heavy atom. The van der Waals surface area contributed by atoms with Crippen molar-refractivity contribution in [2.75, 3.05) is 33.1 Å². The molecule has 0 aliphatic heterocycles. The molecular weight excluding hydrogens is 250 g/mol. The molecule has 102 valence electrons. The maximum Gasteiger partial charge on any atom is 0.306 e. The summed E-state index contributed by atoms with van der Waals surface area (Å²) in [5.41, 5.74) is 0. The van der Waals surface area contributed by atoms with Gasteiger partial charge in [0, 0.05) is 13.7 Å². The lowest BCUT2D eigenvalue weighted by molar-refractivity contribution is -0.140. The second kappa shape index (κ2) is 8.40. The highest BCUT2D eigenvalue weighted by Gasteiger charge is 2.13. The van der Waals surface area contributed by atoms with Crippen LogP contribution < -0.4 is 4.72 Å². The van der Waals surface area contributed by atoms with E-state index in [1.54, 1.807) is 0 Å². The first-order chi connectivity index (χ1) is 7.91. The average Bonchev–Trinajstić information content (AvgIpc) is 2.26. The molecule has 1 atom stereocenters. The maximum atomic E-state index is 11.4. The molecule has 8 heteroatoms. The topological polar surface area (TPSA) is 102 Å². The molecule has 0 bridgehead atoms. The zero-order valence-corrected chi connectivity index (χ0v) is 10.8. The van der Waals surface area contributed by atoms with Crippen molar-refractivity contribution in [2.45, 2.75) is 18.9 Å². The zero-order valence-electron chi connectivity index (χ0n) is 10.0. The van der Waals surface area contributed by atoms with E-state index in [0.717, 1.165) is 0 Å². The molecule has 0 aliphatic carbocycles. The Kier molecular flexibility index (Phi) is 8.05. The number of aliphatic hydroxyl groups excluding tert-OH is 1. The standard InChI is InChI=1S/C9H19NO6S/c1-15-7-8(11)3-5-10-17(13,14)6-4-9(12)16-2/h8,10-11H,3-7H2,1-2H3. The quantitative estimate of drug-likeness (QED) is 0.513. The minimum Gasteiger partial charge on any atom is -0.469 e. The molecule has 0 heterocycles. The van der Waals surface area contributed by atoms with Gasteiger partial charge in [-0.15, -0.1) is 0 Å². The second-order valence-corrected chi connectivity index (χ2v) is 5.36. The predicted octanol–water partition coefficient (Wildman–Crippen LogP) is -1.13. The third-order valence-electron chi connectivity index (χ3n) is 1.96. The van der Waals surface area contributed by atoms with Crippen LogP contribution in [0.5, 0.6) is 0 Å². The van der Waals surface area contributed by atoms with Crippen molar-refractivity contribution in [3.8, 4) is 0 Å². The molecule has 0 rings (SSSR count). The zero-order chi connectivity index (χ0) is 13.3. The molecular formula is C9H19NO6S. The highest BCUT2D eigenvalue weighted by Crippen LogP contribution is 1.95. The minimum atomic E-state index is -3.50. The van der Waals surface area contributed by atoms with E-state index in [0.29, 0.717) is 0 Å². The van der Waals surface area contributed by atoms with E-state index in [2.05, 4.69) is 9.46 Å². The average molecular weight is 269 g/mol. The third-order valence-corrected chi connectivity index (χ3v) is 3.35. The van der Waals surface area contributed by atoms with Gasteiger partial charge >= 0.3 is 5.97 Å². The van der Waals surface area contributed by atoms with Crippen LogP contribution in [0.25, 0.3) is 0 Å². The number of hydrogen-bond donors (Lipinski definition) is 2. The smallest absolute Gasteiger partial charge is 0.306 e. The Hall–Kier alpha value is -0.700. The molecule has 0 aromatic heterocycles. The summed E-state index contributed by atoms with van der Waals surface area (Å²) in [6.07, 6.45) is -0.638. The molecule has 17 heavy (non-hydrogen) atoms. The van der Waals surface area contributed by atoms with E-state index in [9.17, 15) is 18.3 Å². The molecule has 0 aliphatic rings. The van der Waals surface area contributed by atoms with Crippen molar-refractivity contribution in [2.24, 2.45) is 0 Å². The van der Waals surface area contributed by atoms with E-state index >= 15 is 0 Å². The van der Waals surface area contributed by atoms with Crippen LogP contribution in [0.2, 0.25) is 0 Å². The number of aliphatic hydroxyl groups is 1. The number of esters is 1. The van der Waals surface area contributed by atoms with Crippen LogP contribution in [0, 0.1) is 0 Å². The van der Waals surface area contributed by atoms with Crippen molar-refractivity contribution in [3.63, 3.8) is 0 Å². The van der Waals surface area contributed by atoms with Gasteiger partial charge < -0.3 is 14.6 Å². The summed E-state index contributed by atoms with van der Waals surface area (Å²) in [6, 6.07) is 0. The normalized spacial score (nSPS) is 13.4. The Labute approximate surface area is 101 Å². The molecule has 0 aromatic rings. The fraction of sp³-hybridized carbons (Fsp3) is 0.889. The summed E-state index contributed by atoms with van der Waals surface area (Å²) in [4.78, 5) is 10.8. The molecule has 7 nitrogen and oxygen atoms in total. The number of ether oxygens (including phenoxy) is 2. The van der Waals surface area contributed by atoms with Crippen molar-refractivity contribution >= 4 is 16.0 Å². The van der Waals surface area contributed by atoms with Crippen LogP contribution >= 0.6 is 0 Å². The molecule has 1 unspecified atom stereocenters. The largest absolute Gasteiger partial charge is 0.469 e. The molecule has 2 N–H and O–H groups in total. The molecule has 0 aromatic carbocycles. The summed E-state index contributed by atoms with van der Waals surface area (Å²) in [7, 11) is -0.854. The number of carbonyl (C=O) groups excluding carboxylic acids is 1. The summed E-state index contributed by atoms with van der Waals surface area (Å²) >= 11 is 0. The van der Waals surface area contributed by atoms with Crippen LogP contribution in [0.1, 0.15) is 12.8 Å². The molecule has 0 radical (unpaired) electrons. The lowest BCUT2D eigenvalue weighted by atomic mass is 10.3. The first-order valence-corrected chi connectivity index (χ1v) is 6.77. The van der Waals surface area contributed by atoms with Gasteiger partial charge in [0.05, 0.1) is 32.0 Å². The molecule has 0 spiro atoms. The highest BCUT2D eigenvalue weighted by molar-refractivity contribution is 7.89. The third kappa shape index (κ3) is 9.04. The Morgan fingerprint density at radius 1 is 1.41 bits per heavy atom. The van der Waals surface area contributed by atoms with Gasteiger partial charge in [-0.2, -0.15) is 0 Å². The number of hydrogen-bond acceptors (Lipinski definition) is 6. The first-order valence-electron chi connectivity index (χ1n) is 5.12. The maximum absolute atomic E-state index is 11.4. The van der Waals surface area contributed by atoms with Gasteiger partial charge in [-0.3, -0.25) is 4.79 Å².